The minimum absolute atomic E-state index is 0.0762. The average molecular weight is 197 g/mol. The van der Waals surface area contributed by atoms with E-state index >= 15 is 0 Å². The predicted octanol–water partition coefficient (Wildman–Crippen LogP) is 1.45. The number of benzene rings is 1. The summed E-state index contributed by atoms with van der Waals surface area (Å²) in [6.45, 7) is 1.32. The molecule has 0 spiro atoms. The van der Waals surface area contributed by atoms with Crippen LogP contribution in [0.5, 0.6) is 0 Å². The van der Waals surface area contributed by atoms with Gasteiger partial charge in [0.2, 0.25) is 0 Å². The molecule has 1 aromatic carbocycles. The van der Waals surface area contributed by atoms with Crippen molar-refractivity contribution >= 4 is 0 Å². The molecule has 0 radical (unpaired) electrons. The van der Waals surface area contributed by atoms with E-state index in [9.17, 15) is 4.39 Å². The molecule has 3 heteroatoms. The summed E-state index contributed by atoms with van der Waals surface area (Å²) in [4.78, 5) is 1.90. The summed E-state index contributed by atoms with van der Waals surface area (Å²) in [5, 5.41) is 8.78. The standard InChI is InChI=1S/C11H16FNO/c12-6-7-13(8-9-14)10-11-4-2-1-3-5-11/h1-5,14H,6-10H2. The number of hydrogen-bond acceptors (Lipinski definition) is 2. The molecule has 0 amide bonds. The van der Waals surface area contributed by atoms with Gasteiger partial charge in [0.05, 0.1) is 6.61 Å². The van der Waals surface area contributed by atoms with Crippen LogP contribution in [0.15, 0.2) is 30.3 Å². The maximum absolute atomic E-state index is 12.1. The van der Waals surface area contributed by atoms with Crippen LogP contribution in [0.25, 0.3) is 0 Å². The molecule has 0 aliphatic rings. The van der Waals surface area contributed by atoms with Crippen LogP contribution in [0.2, 0.25) is 0 Å². The van der Waals surface area contributed by atoms with Gasteiger partial charge < -0.3 is 5.11 Å². The van der Waals surface area contributed by atoms with Crippen molar-refractivity contribution in [2.24, 2.45) is 0 Å². The van der Waals surface area contributed by atoms with Gasteiger partial charge in [-0.3, -0.25) is 4.90 Å². The fraction of sp³-hybridized carbons (Fsp3) is 0.455. The first-order valence-electron chi connectivity index (χ1n) is 4.80. The maximum atomic E-state index is 12.1. The van der Waals surface area contributed by atoms with Crippen molar-refractivity contribution in [1.82, 2.24) is 4.90 Å². The van der Waals surface area contributed by atoms with Crippen LogP contribution < -0.4 is 0 Å². The largest absolute Gasteiger partial charge is 0.395 e. The zero-order valence-corrected chi connectivity index (χ0v) is 8.19. The predicted molar refractivity (Wildman–Crippen MR) is 54.8 cm³/mol. The SMILES string of the molecule is OCCN(CCF)Cc1ccccc1. The molecule has 14 heavy (non-hydrogen) atoms. The Morgan fingerprint density at radius 3 is 2.43 bits per heavy atom. The Bertz CT molecular complexity index is 234. The van der Waals surface area contributed by atoms with E-state index in [1.165, 1.54) is 0 Å². The number of halogens is 1. The fourth-order valence-electron chi connectivity index (χ4n) is 1.37. The molecule has 0 fully saturated rings. The molecule has 1 aromatic rings. The van der Waals surface area contributed by atoms with Crippen molar-refractivity contribution in [3.05, 3.63) is 35.9 Å². The quantitative estimate of drug-likeness (QED) is 0.746. The molecule has 0 aliphatic carbocycles. The summed E-state index contributed by atoms with van der Waals surface area (Å²) in [7, 11) is 0. The van der Waals surface area contributed by atoms with Crippen LogP contribution >= 0.6 is 0 Å². The summed E-state index contributed by atoms with van der Waals surface area (Å²) in [5.41, 5.74) is 1.15. The van der Waals surface area contributed by atoms with Crippen molar-refractivity contribution in [1.29, 1.82) is 0 Å². The molecule has 0 aromatic heterocycles. The number of aliphatic hydroxyl groups is 1. The highest BCUT2D eigenvalue weighted by atomic mass is 19.1. The summed E-state index contributed by atoms with van der Waals surface area (Å²) in [5.74, 6) is 0. The van der Waals surface area contributed by atoms with Gasteiger partial charge in [0.15, 0.2) is 0 Å². The van der Waals surface area contributed by atoms with E-state index in [4.69, 9.17) is 5.11 Å². The van der Waals surface area contributed by atoms with Crippen molar-refractivity contribution < 1.29 is 9.50 Å². The zero-order chi connectivity index (χ0) is 10.2. The van der Waals surface area contributed by atoms with Gasteiger partial charge in [0.25, 0.3) is 0 Å². The van der Waals surface area contributed by atoms with Crippen LogP contribution in [-0.4, -0.2) is 36.4 Å². The number of aliphatic hydroxyl groups excluding tert-OH is 1. The molecule has 0 atom stereocenters. The van der Waals surface area contributed by atoms with Crippen LogP contribution in [0.1, 0.15) is 5.56 Å². The molecular weight excluding hydrogens is 181 g/mol. The zero-order valence-electron chi connectivity index (χ0n) is 8.19. The van der Waals surface area contributed by atoms with Gasteiger partial charge >= 0.3 is 0 Å². The third-order valence-electron chi connectivity index (χ3n) is 2.07. The Morgan fingerprint density at radius 2 is 1.86 bits per heavy atom. The molecule has 0 saturated carbocycles. The number of hydrogen-bond donors (Lipinski definition) is 1. The van der Waals surface area contributed by atoms with Crippen molar-refractivity contribution in [3.8, 4) is 0 Å². The Kier molecular flexibility index (Phi) is 5.19. The highest BCUT2D eigenvalue weighted by Gasteiger charge is 2.03. The third kappa shape index (κ3) is 3.85. The van der Waals surface area contributed by atoms with E-state index in [-0.39, 0.29) is 13.3 Å². The van der Waals surface area contributed by atoms with Gasteiger partial charge in [-0.05, 0) is 5.56 Å². The normalized spacial score (nSPS) is 10.8. The average Bonchev–Trinajstić information content (AvgIpc) is 2.20. The molecule has 0 aliphatic heterocycles. The first kappa shape index (κ1) is 11.1. The van der Waals surface area contributed by atoms with E-state index in [0.29, 0.717) is 19.6 Å². The molecular formula is C11H16FNO. The first-order chi connectivity index (χ1) is 6.86. The highest BCUT2D eigenvalue weighted by molar-refractivity contribution is 5.14. The second-order valence-electron chi connectivity index (χ2n) is 3.17. The van der Waals surface area contributed by atoms with Gasteiger partial charge in [0.1, 0.15) is 6.67 Å². The van der Waals surface area contributed by atoms with Gasteiger partial charge in [0, 0.05) is 19.6 Å². The van der Waals surface area contributed by atoms with Crippen molar-refractivity contribution in [2.45, 2.75) is 6.54 Å². The van der Waals surface area contributed by atoms with Gasteiger partial charge in [-0.2, -0.15) is 0 Å². The van der Waals surface area contributed by atoms with Crippen LogP contribution in [0.4, 0.5) is 4.39 Å². The van der Waals surface area contributed by atoms with Crippen molar-refractivity contribution in [3.63, 3.8) is 0 Å². The number of rotatable bonds is 6. The lowest BCUT2D eigenvalue weighted by atomic mass is 10.2. The molecule has 78 valence electrons. The van der Waals surface area contributed by atoms with E-state index in [2.05, 4.69) is 0 Å². The lowest BCUT2D eigenvalue weighted by Gasteiger charge is -2.19. The maximum Gasteiger partial charge on any atom is 0.102 e. The topological polar surface area (TPSA) is 23.5 Å². The van der Waals surface area contributed by atoms with Crippen LogP contribution in [0.3, 0.4) is 0 Å². The Hall–Kier alpha value is -0.930. The summed E-state index contributed by atoms with van der Waals surface area (Å²) < 4.78 is 12.1. The number of nitrogens with zero attached hydrogens (tertiary/aromatic N) is 1. The number of alkyl halides is 1. The molecule has 2 nitrogen and oxygen atoms in total. The third-order valence-corrected chi connectivity index (χ3v) is 2.07. The van der Waals surface area contributed by atoms with Crippen LogP contribution in [-0.2, 0) is 6.54 Å². The lowest BCUT2D eigenvalue weighted by molar-refractivity contribution is 0.180. The minimum atomic E-state index is -0.368. The summed E-state index contributed by atoms with van der Waals surface area (Å²) in [6, 6.07) is 9.88. The van der Waals surface area contributed by atoms with E-state index in [1.807, 2.05) is 35.2 Å². The first-order valence-corrected chi connectivity index (χ1v) is 4.80. The minimum Gasteiger partial charge on any atom is -0.395 e. The molecule has 0 unspecified atom stereocenters. The molecule has 1 rings (SSSR count). The lowest BCUT2D eigenvalue weighted by Crippen LogP contribution is -2.28. The molecule has 0 bridgehead atoms. The van der Waals surface area contributed by atoms with E-state index in [0.717, 1.165) is 5.56 Å². The van der Waals surface area contributed by atoms with E-state index < -0.39 is 0 Å². The van der Waals surface area contributed by atoms with Crippen LogP contribution in [0, 0.1) is 0 Å². The van der Waals surface area contributed by atoms with Gasteiger partial charge in [-0.15, -0.1) is 0 Å². The van der Waals surface area contributed by atoms with Gasteiger partial charge in [-0.1, -0.05) is 30.3 Å². The smallest absolute Gasteiger partial charge is 0.102 e. The molecule has 0 heterocycles. The fourth-order valence-corrected chi connectivity index (χ4v) is 1.37. The second-order valence-corrected chi connectivity index (χ2v) is 3.17. The van der Waals surface area contributed by atoms with Gasteiger partial charge in [-0.25, -0.2) is 4.39 Å². The monoisotopic (exact) mass is 197 g/mol. The molecule has 0 saturated heterocycles. The Balaban J connectivity index is 2.46. The molecule has 1 N–H and O–H groups in total. The van der Waals surface area contributed by atoms with Crippen molar-refractivity contribution in [2.75, 3.05) is 26.4 Å². The Labute approximate surface area is 84.0 Å². The second kappa shape index (κ2) is 6.51. The van der Waals surface area contributed by atoms with E-state index in [1.54, 1.807) is 0 Å². The Morgan fingerprint density at radius 1 is 1.14 bits per heavy atom. The summed E-state index contributed by atoms with van der Waals surface area (Å²) in [6.07, 6.45) is 0. The summed E-state index contributed by atoms with van der Waals surface area (Å²) >= 11 is 0. The highest BCUT2D eigenvalue weighted by Crippen LogP contribution is 2.03.